The zero-order valence-electron chi connectivity index (χ0n) is 17.1. The van der Waals surface area contributed by atoms with Gasteiger partial charge in [0, 0.05) is 55.4 Å². The first-order valence-electron chi connectivity index (χ1n) is 10.5. The van der Waals surface area contributed by atoms with E-state index in [0.717, 1.165) is 29.0 Å². The predicted octanol–water partition coefficient (Wildman–Crippen LogP) is 4.24. The lowest BCUT2D eigenvalue weighted by atomic mass is 10.2. The van der Waals surface area contributed by atoms with E-state index in [0.29, 0.717) is 43.4 Å². The van der Waals surface area contributed by atoms with Gasteiger partial charge < -0.3 is 4.90 Å². The number of hydrogen-bond donors (Lipinski definition) is 0. The van der Waals surface area contributed by atoms with Crippen LogP contribution in [0, 0.1) is 0 Å². The van der Waals surface area contributed by atoms with Crippen molar-refractivity contribution in [3.05, 3.63) is 64.1 Å². The SMILES string of the molecule is O=C(c1cc2nc(C3CC3)cc(C(F)(F)F)n2n1)N1CCN(Cc2ccccc2Cl)CC1. The Labute approximate surface area is 187 Å². The number of nitrogens with zero attached hydrogens (tertiary/aromatic N) is 5. The van der Waals surface area contributed by atoms with Gasteiger partial charge in [-0.1, -0.05) is 29.8 Å². The van der Waals surface area contributed by atoms with Crippen molar-refractivity contribution in [2.75, 3.05) is 26.2 Å². The Kier molecular flexibility index (Phi) is 5.33. The Balaban J connectivity index is 1.32. The van der Waals surface area contributed by atoms with Crippen molar-refractivity contribution in [1.29, 1.82) is 0 Å². The molecule has 0 spiro atoms. The lowest BCUT2D eigenvalue weighted by Gasteiger charge is -2.34. The molecule has 5 rings (SSSR count). The number of carbonyl (C=O) groups excluding carboxylic acids is 1. The summed E-state index contributed by atoms with van der Waals surface area (Å²) in [4.78, 5) is 21.1. The first-order chi connectivity index (χ1) is 15.3. The van der Waals surface area contributed by atoms with Crippen molar-refractivity contribution < 1.29 is 18.0 Å². The Morgan fingerprint density at radius 2 is 1.81 bits per heavy atom. The van der Waals surface area contributed by atoms with E-state index in [-0.39, 0.29) is 23.2 Å². The number of amides is 1. The van der Waals surface area contributed by atoms with Crippen molar-refractivity contribution >= 4 is 23.2 Å². The highest BCUT2D eigenvalue weighted by Crippen LogP contribution is 2.41. The molecule has 0 radical (unpaired) electrons. The topological polar surface area (TPSA) is 53.7 Å². The highest BCUT2D eigenvalue weighted by Gasteiger charge is 2.38. The van der Waals surface area contributed by atoms with E-state index < -0.39 is 11.9 Å². The van der Waals surface area contributed by atoms with Crippen molar-refractivity contribution in [3.63, 3.8) is 0 Å². The molecule has 1 aromatic carbocycles. The number of hydrogen-bond acceptors (Lipinski definition) is 4. The summed E-state index contributed by atoms with van der Waals surface area (Å²) < 4.78 is 41.5. The second kappa shape index (κ2) is 8.04. The molecule has 168 valence electrons. The van der Waals surface area contributed by atoms with E-state index >= 15 is 0 Å². The fraction of sp³-hybridized carbons (Fsp3) is 0.409. The number of benzene rings is 1. The summed E-state index contributed by atoms with van der Waals surface area (Å²) in [7, 11) is 0. The zero-order valence-corrected chi connectivity index (χ0v) is 17.9. The van der Waals surface area contributed by atoms with Crippen molar-refractivity contribution in [2.45, 2.75) is 31.5 Å². The summed E-state index contributed by atoms with van der Waals surface area (Å²) in [6, 6.07) is 10.0. The van der Waals surface area contributed by atoms with Gasteiger partial charge in [0.15, 0.2) is 11.3 Å². The fourth-order valence-electron chi connectivity index (χ4n) is 4.03. The summed E-state index contributed by atoms with van der Waals surface area (Å²) >= 11 is 6.23. The number of halogens is 4. The number of alkyl halides is 3. The lowest BCUT2D eigenvalue weighted by Crippen LogP contribution is -2.48. The maximum absolute atomic E-state index is 13.6. The summed E-state index contributed by atoms with van der Waals surface area (Å²) in [5, 5.41) is 4.69. The van der Waals surface area contributed by atoms with Gasteiger partial charge in [-0.25, -0.2) is 9.50 Å². The maximum Gasteiger partial charge on any atom is 0.433 e. The molecule has 0 bridgehead atoms. The Hall–Kier alpha value is -2.65. The predicted molar refractivity (Wildman–Crippen MR) is 113 cm³/mol. The normalized spacial score (nSPS) is 17.8. The van der Waals surface area contributed by atoms with E-state index in [1.807, 2.05) is 24.3 Å². The minimum atomic E-state index is -4.58. The molecular weight excluding hydrogens is 443 g/mol. The van der Waals surface area contributed by atoms with Crippen LogP contribution < -0.4 is 0 Å². The molecule has 0 unspecified atom stereocenters. The average molecular weight is 464 g/mol. The van der Waals surface area contributed by atoms with Crippen LogP contribution in [0.25, 0.3) is 5.65 Å². The standard InChI is InChI=1S/C22H21ClF3N5O/c23-16-4-2-1-3-15(16)13-29-7-9-30(10-8-29)21(32)18-12-20-27-17(14-5-6-14)11-19(22(24,25)26)31(20)28-18/h1-4,11-12,14H,5-10,13H2. The number of fused-ring (bicyclic) bond motifs is 1. The van der Waals surface area contributed by atoms with Gasteiger partial charge in [0.05, 0.1) is 0 Å². The number of carbonyl (C=O) groups is 1. The summed E-state index contributed by atoms with van der Waals surface area (Å²) in [6.45, 7) is 2.89. The fourth-order valence-corrected chi connectivity index (χ4v) is 4.22. The molecular formula is C22H21ClF3N5O. The molecule has 6 nitrogen and oxygen atoms in total. The molecule has 1 saturated heterocycles. The molecule has 3 heterocycles. The van der Waals surface area contributed by atoms with Crippen molar-refractivity contribution in [2.24, 2.45) is 0 Å². The van der Waals surface area contributed by atoms with E-state index in [1.165, 1.54) is 6.07 Å². The molecule has 32 heavy (non-hydrogen) atoms. The van der Waals surface area contributed by atoms with Crippen LogP contribution >= 0.6 is 11.6 Å². The van der Waals surface area contributed by atoms with Crippen molar-refractivity contribution in [1.82, 2.24) is 24.4 Å². The summed E-state index contributed by atoms with van der Waals surface area (Å²) in [5.74, 6) is -0.324. The Bertz CT molecular complexity index is 1170. The molecule has 2 aliphatic rings. The van der Waals surface area contributed by atoms with Crippen LogP contribution in [0.15, 0.2) is 36.4 Å². The van der Waals surface area contributed by atoms with E-state index in [9.17, 15) is 18.0 Å². The highest BCUT2D eigenvalue weighted by atomic mass is 35.5. The second-order valence-electron chi connectivity index (χ2n) is 8.30. The molecule has 1 aliphatic heterocycles. The monoisotopic (exact) mass is 463 g/mol. The van der Waals surface area contributed by atoms with Gasteiger partial charge in [0.25, 0.3) is 5.91 Å². The van der Waals surface area contributed by atoms with Crippen LogP contribution in [0.1, 0.15) is 46.2 Å². The van der Waals surface area contributed by atoms with Crippen LogP contribution in [0.5, 0.6) is 0 Å². The third-order valence-electron chi connectivity index (χ3n) is 5.96. The molecule has 1 aliphatic carbocycles. The smallest absolute Gasteiger partial charge is 0.335 e. The van der Waals surface area contributed by atoms with E-state index in [2.05, 4.69) is 15.0 Å². The number of aromatic nitrogens is 3. The maximum atomic E-state index is 13.6. The lowest BCUT2D eigenvalue weighted by molar-refractivity contribution is -0.142. The molecule has 1 saturated carbocycles. The largest absolute Gasteiger partial charge is 0.433 e. The van der Waals surface area contributed by atoms with Gasteiger partial charge in [-0.15, -0.1) is 0 Å². The van der Waals surface area contributed by atoms with Gasteiger partial charge in [0.2, 0.25) is 0 Å². The van der Waals surface area contributed by atoms with Crippen LogP contribution in [0.2, 0.25) is 5.02 Å². The average Bonchev–Trinajstić information content (AvgIpc) is 3.52. The van der Waals surface area contributed by atoms with Crippen LogP contribution in [-0.2, 0) is 12.7 Å². The molecule has 2 fully saturated rings. The van der Waals surface area contributed by atoms with E-state index in [4.69, 9.17) is 11.6 Å². The molecule has 10 heteroatoms. The Morgan fingerprint density at radius 1 is 1.09 bits per heavy atom. The van der Waals surface area contributed by atoms with Gasteiger partial charge in [-0.05, 0) is 30.5 Å². The highest BCUT2D eigenvalue weighted by molar-refractivity contribution is 6.31. The molecule has 0 N–H and O–H groups in total. The minimum absolute atomic E-state index is 0.0181. The third-order valence-corrected chi connectivity index (χ3v) is 6.33. The van der Waals surface area contributed by atoms with Crippen LogP contribution in [0.4, 0.5) is 13.2 Å². The van der Waals surface area contributed by atoms with Gasteiger partial charge >= 0.3 is 6.18 Å². The molecule has 1 amide bonds. The molecule has 0 atom stereocenters. The first kappa shape index (κ1) is 21.2. The minimum Gasteiger partial charge on any atom is -0.335 e. The Morgan fingerprint density at radius 3 is 2.47 bits per heavy atom. The van der Waals surface area contributed by atoms with Crippen LogP contribution in [-0.4, -0.2) is 56.5 Å². The van der Waals surface area contributed by atoms with Gasteiger partial charge in [-0.2, -0.15) is 18.3 Å². The summed E-state index contributed by atoms with van der Waals surface area (Å²) in [6.07, 6.45) is -2.92. The number of rotatable bonds is 4. The number of piperazine rings is 1. The quantitative estimate of drug-likeness (QED) is 0.581. The van der Waals surface area contributed by atoms with Gasteiger partial charge in [0.1, 0.15) is 5.69 Å². The summed E-state index contributed by atoms with van der Waals surface area (Å²) in [5.41, 5.74) is 0.578. The second-order valence-corrected chi connectivity index (χ2v) is 8.70. The van der Waals surface area contributed by atoms with Gasteiger partial charge in [-0.3, -0.25) is 9.69 Å². The van der Waals surface area contributed by atoms with Crippen molar-refractivity contribution in [3.8, 4) is 0 Å². The molecule has 3 aromatic rings. The molecule has 2 aromatic heterocycles. The third kappa shape index (κ3) is 4.19. The zero-order chi connectivity index (χ0) is 22.5. The van der Waals surface area contributed by atoms with E-state index in [1.54, 1.807) is 4.90 Å². The van der Waals surface area contributed by atoms with Crippen LogP contribution in [0.3, 0.4) is 0 Å². The first-order valence-corrected chi connectivity index (χ1v) is 10.9.